The summed E-state index contributed by atoms with van der Waals surface area (Å²) in [6, 6.07) is 0.489. The number of hydrogen-bond donors (Lipinski definition) is 1. The Morgan fingerprint density at radius 3 is 0.944 bits per heavy atom. The SMILES string of the molecule is Cl.NC1CCCCCCCCCCCCCCC1. The molecule has 1 rings (SSSR count). The first-order valence-corrected chi connectivity index (χ1v) is 8.15. The first-order valence-electron chi connectivity index (χ1n) is 8.15. The van der Waals surface area contributed by atoms with Crippen LogP contribution >= 0.6 is 12.4 Å². The molecule has 0 saturated heterocycles. The van der Waals surface area contributed by atoms with Gasteiger partial charge in [-0.25, -0.2) is 0 Å². The van der Waals surface area contributed by atoms with E-state index < -0.39 is 0 Å². The van der Waals surface area contributed by atoms with Gasteiger partial charge in [-0.15, -0.1) is 12.4 Å². The second-order valence-corrected chi connectivity index (χ2v) is 5.93. The molecule has 0 amide bonds. The number of halogens is 1. The molecule has 2 heteroatoms. The van der Waals surface area contributed by atoms with Crippen molar-refractivity contribution >= 4 is 12.4 Å². The minimum atomic E-state index is 0. The molecule has 1 aliphatic carbocycles. The van der Waals surface area contributed by atoms with Gasteiger partial charge in [0.2, 0.25) is 0 Å². The summed E-state index contributed by atoms with van der Waals surface area (Å²) in [5, 5.41) is 0. The van der Waals surface area contributed by atoms with Crippen molar-refractivity contribution in [2.45, 2.75) is 102 Å². The van der Waals surface area contributed by atoms with Crippen molar-refractivity contribution in [1.29, 1.82) is 0 Å². The van der Waals surface area contributed by atoms with Gasteiger partial charge in [0, 0.05) is 6.04 Å². The summed E-state index contributed by atoms with van der Waals surface area (Å²) in [4.78, 5) is 0. The molecule has 0 radical (unpaired) electrons. The molecule has 0 aromatic carbocycles. The van der Waals surface area contributed by atoms with E-state index in [9.17, 15) is 0 Å². The zero-order chi connectivity index (χ0) is 12.2. The third kappa shape index (κ3) is 11.3. The highest BCUT2D eigenvalue weighted by atomic mass is 35.5. The molecule has 0 spiro atoms. The second-order valence-electron chi connectivity index (χ2n) is 5.93. The highest BCUT2D eigenvalue weighted by Gasteiger charge is 2.02. The zero-order valence-corrected chi connectivity index (χ0v) is 13.0. The van der Waals surface area contributed by atoms with Crippen molar-refractivity contribution in [2.24, 2.45) is 5.73 Å². The van der Waals surface area contributed by atoms with E-state index in [1.54, 1.807) is 0 Å². The molecule has 0 heterocycles. The molecule has 0 bridgehead atoms. The first-order chi connectivity index (χ1) is 8.39. The van der Waals surface area contributed by atoms with Crippen molar-refractivity contribution in [1.82, 2.24) is 0 Å². The maximum absolute atomic E-state index is 6.14. The molecule has 110 valence electrons. The Morgan fingerprint density at radius 1 is 0.444 bits per heavy atom. The predicted octanol–water partition coefficient (Wildman–Crippen LogP) is 5.60. The first kappa shape index (κ1) is 18.2. The number of rotatable bonds is 0. The van der Waals surface area contributed by atoms with Gasteiger partial charge in [0.15, 0.2) is 0 Å². The smallest absolute Gasteiger partial charge is 0.00388 e. The molecule has 2 N–H and O–H groups in total. The van der Waals surface area contributed by atoms with Gasteiger partial charge < -0.3 is 5.73 Å². The van der Waals surface area contributed by atoms with Crippen LogP contribution in [0, 0.1) is 0 Å². The summed E-state index contributed by atoms with van der Waals surface area (Å²) in [7, 11) is 0. The fourth-order valence-corrected chi connectivity index (χ4v) is 2.90. The quantitative estimate of drug-likeness (QED) is 0.612. The van der Waals surface area contributed by atoms with E-state index in [2.05, 4.69) is 0 Å². The van der Waals surface area contributed by atoms with Gasteiger partial charge in [-0.3, -0.25) is 0 Å². The molecule has 0 atom stereocenters. The van der Waals surface area contributed by atoms with Crippen LogP contribution in [0.3, 0.4) is 0 Å². The minimum Gasteiger partial charge on any atom is -0.328 e. The van der Waals surface area contributed by atoms with Gasteiger partial charge >= 0.3 is 0 Å². The normalized spacial score (nSPS) is 23.2. The topological polar surface area (TPSA) is 26.0 Å². The summed E-state index contributed by atoms with van der Waals surface area (Å²) < 4.78 is 0. The fourth-order valence-electron chi connectivity index (χ4n) is 2.90. The maximum atomic E-state index is 6.14. The lowest BCUT2D eigenvalue weighted by Crippen LogP contribution is -2.19. The fraction of sp³-hybridized carbons (Fsp3) is 1.00. The standard InChI is InChI=1S/C16H33N.ClH/c17-16-14-12-10-8-6-4-2-1-3-5-7-9-11-13-15-16;/h16H,1-15,17H2;1H. The average Bonchev–Trinajstić information content (AvgIpc) is 2.32. The van der Waals surface area contributed by atoms with Crippen LogP contribution < -0.4 is 5.73 Å². The molecule has 1 aliphatic rings. The van der Waals surface area contributed by atoms with Gasteiger partial charge in [0.05, 0.1) is 0 Å². The Morgan fingerprint density at radius 2 is 0.667 bits per heavy atom. The lowest BCUT2D eigenvalue weighted by molar-refractivity contribution is 0.471. The maximum Gasteiger partial charge on any atom is 0.00388 e. The van der Waals surface area contributed by atoms with Crippen LogP contribution in [-0.4, -0.2) is 6.04 Å². The van der Waals surface area contributed by atoms with Crippen LogP contribution in [0.5, 0.6) is 0 Å². The second kappa shape index (κ2) is 13.7. The van der Waals surface area contributed by atoms with Crippen molar-refractivity contribution in [3.05, 3.63) is 0 Å². The molecule has 1 fully saturated rings. The van der Waals surface area contributed by atoms with Gasteiger partial charge in [0.25, 0.3) is 0 Å². The van der Waals surface area contributed by atoms with Gasteiger partial charge in [0.1, 0.15) is 0 Å². The van der Waals surface area contributed by atoms with Gasteiger partial charge in [-0.2, -0.15) is 0 Å². The van der Waals surface area contributed by atoms with Crippen LogP contribution in [0.4, 0.5) is 0 Å². The van der Waals surface area contributed by atoms with E-state index >= 15 is 0 Å². The third-order valence-electron chi connectivity index (χ3n) is 4.15. The van der Waals surface area contributed by atoms with E-state index in [4.69, 9.17) is 5.73 Å². The zero-order valence-electron chi connectivity index (χ0n) is 12.2. The molecule has 0 aromatic heterocycles. The van der Waals surface area contributed by atoms with Crippen LogP contribution in [0.25, 0.3) is 0 Å². The van der Waals surface area contributed by atoms with E-state index in [-0.39, 0.29) is 12.4 Å². The van der Waals surface area contributed by atoms with Crippen LogP contribution in [-0.2, 0) is 0 Å². The lowest BCUT2D eigenvalue weighted by atomic mass is 9.99. The lowest BCUT2D eigenvalue weighted by Gasteiger charge is -2.11. The van der Waals surface area contributed by atoms with Gasteiger partial charge in [-0.05, 0) is 12.8 Å². The number of hydrogen-bond acceptors (Lipinski definition) is 1. The molecule has 0 unspecified atom stereocenters. The summed E-state index contributed by atoms with van der Waals surface area (Å²) in [6.45, 7) is 0. The van der Waals surface area contributed by atoms with Crippen LogP contribution in [0.2, 0.25) is 0 Å². The molecule has 1 saturated carbocycles. The monoisotopic (exact) mass is 275 g/mol. The Kier molecular flexibility index (Phi) is 13.9. The van der Waals surface area contributed by atoms with E-state index in [0.717, 1.165) is 0 Å². The average molecular weight is 276 g/mol. The third-order valence-corrected chi connectivity index (χ3v) is 4.15. The van der Waals surface area contributed by atoms with E-state index in [0.29, 0.717) is 6.04 Å². The molecular formula is C16H34ClN. The number of nitrogens with two attached hydrogens (primary N) is 1. The van der Waals surface area contributed by atoms with Crippen LogP contribution in [0.1, 0.15) is 96.3 Å². The molecule has 0 aromatic rings. The van der Waals surface area contributed by atoms with Crippen molar-refractivity contribution in [3.63, 3.8) is 0 Å². The Hall–Kier alpha value is 0.250. The van der Waals surface area contributed by atoms with Crippen molar-refractivity contribution < 1.29 is 0 Å². The summed E-state index contributed by atoms with van der Waals surface area (Å²) in [5.74, 6) is 0. The predicted molar refractivity (Wildman–Crippen MR) is 84.5 cm³/mol. The van der Waals surface area contributed by atoms with E-state index in [1.165, 1.54) is 96.3 Å². The Bertz CT molecular complexity index is 145. The minimum absolute atomic E-state index is 0. The summed E-state index contributed by atoms with van der Waals surface area (Å²) in [6.07, 6.45) is 21.2. The largest absolute Gasteiger partial charge is 0.328 e. The molecule has 18 heavy (non-hydrogen) atoms. The van der Waals surface area contributed by atoms with Crippen molar-refractivity contribution in [2.75, 3.05) is 0 Å². The van der Waals surface area contributed by atoms with Crippen molar-refractivity contribution in [3.8, 4) is 0 Å². The molecule has 1 nitrogen and oxygen atoms in total. The van der Waals surface area contributed by atoms with Gasteiger partial charge in [-0.1, -0.05) is 83.5 Å². The molecule has 0 aliphatic heterocycles. The Labute approximate surface area is 121 Å². The summed E-state index contributed by atoms with van der Waals surface area (Å²) in [5.41, 5.74) is 6.14. The van der Waals surface area contributed by atoms with E-state index in [1.807, 2.05) is 0 Å². The summed E-state index contributed by atoms with van der Waals surface area (Å²) >= 11 is 0. The highest BCUT2D eigenvalue weighted by Crippen LogP contribution is 2.16. The molecular weight excluding hydrogens is 242 g/mol. The Balaban J connectivity index is 0.00000289. The highest BCUT2D eigenvalue weighted by molar-refractivity contribution is 5.85. The van der Waals surface area contributed by atoms with Crippen LogP contribution in [0.15, 0.2) is 0 Å².